The monoisotopic (exact) mass is 308 g/mol. The molecule has 0 saturated heterocycles. The highest BCUT2D eigenvalue weighted by atomic mass is 79.9. The molecular formula is C11H21BrN2OS. The van der Waals surface area contributed by atoms with E-state index in [1.165, 1.54) is 12.0 Å². The number of thioether (sulfide) groups is 1. The zero-order valence-electron chi connectivity index (χ0n) is 9.94. The zero-order chi connectivity index (χ0) is 11.1. The molecule has 0 amide bonds. The highest BCUT2D eigenvalue weighted by Crippen LogP contribution is 2.17. The van der Waals surface area contributed by atoms with E-state index < -0.39 is 0 Å². The van der Waals surface area contributed by atoms with Crippen LogP contribution in [0.2, 0.25) is 0 Å². The summed E-state index contributed by atoms with van der Waals surface area (Å²) >= 11 is 1.60. The van der Waals surface area contributed by atoms with Gasteiger partial charge in [0.25, 0.3) is 0 Å². The number of ether oxygens (including phenoxy) is 1. The Bertz CT molecular complexity index is 256. The van der Waals surface area contributed by atoms with Crippen molar-refractivity contribution in [3.05, 3.63) is 11.8 Å². The van der Waals surface area contributed by atoms with Crippen LogP contribution in [0.15, 0.2) is 16.8 Å². The smallest absolute Gasteiger partial charge is 0.158 e. The molecular weight excluding hydrogens is 288 g/mol. The van der Waals surface area contributed by atoms with Gasteiger partial charge in [-0.15, -0.1) is 17.0 Å². The number of nitrogens with zero attached hydrogens (tertiary/aromatic N) is 1. The summed E-state index contributed by atoms with van der Waals surface area (Å²) in [4.78, 5) is 4.09. The van der Waals surface area contributed by atoms with Gasteiger partial charge in [0, 0.05) is 12.0 Å². The first kappa shape index (κ1) is 16.0. The van der Waals surface area contributed by atoms with Crippen molar-refractivity contribution in [1.82, 2.24) is 0 Å². The number of halogens is 1. The fraction of sp³-hybridized carbons (Fsp3) is 0.727. The molecule has 0 aromatic carbocycles. The van der Waals surface area contributed by atoms with Gasteiger partial charge in [0.2, 0.25) is 0 Å². The molecule has 1 heterocycles. The van der Waals surface area contributed by atoms with Crippen molar-refractivity contribution in [1.29, 1.82) is 0 Å². The normalized spacial score (nSPS) is 17.1. The molecule has 0 aromatic heterocycles. The minimum Gasteiger partial charge on any atom is -0.378 e. The van der Waals surface area contributed by atoms with Crippen molar-refractivity contribution in [2.45, 2.75) is 39.2 Å². The zero-order valence-corrected chi connectivity index (χ0v) is 12.5. The first-order valence-electron chi connectivity index (χ1n) is 5.48. The van der Waals surface area contributed by atoms with E-state index in [0.717, 1.165) is 25.2 Å². The Morgan fingerprint density at radius 2 is 2.38 bits per heavy atom. The van der Waals surface area contributed by atoms with Crippen LogP contribution in [0.5, 0.6) is 0 Å². The maximum absolute atomic E-state index is 5.68. The Morgan fingerprint density at radius 1 is 1.62 bits per heavy atom. The molecule has 2 N–H and O–H groups in total. The van der Waals surface area contributed by atoms with Crippen molar-refractivity contribution < 1.29 is 4.74 Å². The molecule has 1 atom stereocenters. The van der Waals surface area contributed by atoms with Gasteiger partial charge in [-0.25, -0.2) is 4.99 Å². The average molecular weight is 309 g/mol. The van der Waals surface area contributed by atoms with Gasteiger partial charge in [-0.1, -0.05) is 25.1 Å². The van der Waals surface area contributed by atoms with E-state index in [9.17, 15) is 0 Å². The molecule has 16 heavy (non-hydrogen) atoms. The summed E-state index contributed by atoms with van der Waals surface area (Å²) in [6, 6.07) is 0. The molecule has 0 saturated carbocycles. The van der Waals surface area contributed by atoms with Gasteiger partial charge in [0.1, 0.15) is 0 Å². The Morgan fingerprint density at radius 3 is 2.94 bits per heavy atom. The lowest BCUT2D eigenvalue weighted by molar-refractivity contribution is 0.0621. The lowest BCUT2D eigenvalue weighted by atomic mass is 10.2. The fourth-order valence-corrected chi connectivity index (χ4v) is 2.09. The van der Waals surface area contributed by atoms with E-state index in [2.05, 4.69) is 18.8 Å². The van der Waals surface area contributed by atoms with Gasteiger partial charge in [-0.05, 0) is 25.3 Å². The van der Waals surface area contributed by atoms with Gasteiger partial charge in [0.15, 0.2) is 5.17 Å². The fourth-order valence-electron chi connectivity index (χ4n) is 1.41. The number of hydrogen-bond donors (Lipinski definition) is 1. The number of rotatable bonds is 6. The molecule has 0 radical (unpaired) electrons. The van der Waals surface area contributed by atoms with Crippen LogP contribution in [0.4, 0.5) is 0 Å². The second-order valence-electron chi connectivity index (χ2n) is 3.76. The quantitative estimate of drug-likeness (QED) is 0.820. The van der Waals surface area contributed by atoms with Crippen LogP contribution in [-0.2, 0) is 4.74 Å². The first-order chi connectivity index (χ1) is 7.22. The second kappa shape index (κ2) is 9.07. The molecule has 0 aromatic rings. The molecule has 0 fully saturated rings. The van der Waals surface area contributed by atoms with E-state index >= 15 is 0 Å². The Kier molecular flexibility index (Phi) is 9.07. The molecule has 3 nitrogen and oxygen atoms in total. The van der Waals surface area contributed by atoms with Crippen molar-refractivity contribution in [2.75, 3.05) is 12.4 Å². The number of nitrogens with two attached hydrogens (primary N) is 1. The minimum atomic E-state index is 0. The van der Waals surface area contributed by atoms with E-state index in [1.807, 2.05) is 6.20 Å². The van der Waals surface area contributed by atoms with Gasteiger partial charge in [-0.2, -0.15) is 0 Å². The predicted molar refractivity (Wildman–Crippen MR) is 77.4 cm³/mol. The molecule has 94 valence electrons. The Hall–Kier alpha value is -0.0000000000000000555. The first-order valence-corrected chi connectivity index (χ1v) is 6.46. The van der Waals surface area contributed by atoms with E-state index in [1.54, 1.807) is 11.8 Å². The van der Waals surface area contributed by atoms with Crippen LogP contribution >= 0.6 is 28.7 Å². The lowest BCUT2D eigenvalue weighted by Crippen LogP contribution is -2.13. The molecule has 0 spiro atoms. The maximum atomic E-state index is 5.68. The summed E-state index contributed by atoms with van der Waals surface area (Å²) in [5.74, 6) is 0.959. The average Bonchev–Trinajstić information content (AvgIpc) is 2.21. The van der Waals surface area contributed by atoms with Crippen molar-refractivity contribution in [3.8, 4) is 0 Å². The van der Waals surface area contributed by atoms with Gasteiger partial charge in [-0.3, -0.25) is 0 Å². The topological polar surface area (TPSA) is 47.6 Å². The lowest BCUT2D eigenvalue weighted by Gasteiger charge is -2.14. The molecule has 0 aliphatic carbocycles. The Balaban J connectivity index is 0.00000225. The molecule has 1 rings (SSSR count). The van der Waals surface area contributed by atoms with Crippen LogP contribution < -0.4 is 5.73 Å². The van der Waals surface area contributed by atoms with E-state index in [4.69, 9.17) is 10.5 Å². The summed E-state index contributed by atoms with van der Waals surface area (Å²) in [6.07, 6.45) is 5.54. The third-order valence-corrected chi connectivity index (χ3v) is 3.22. The van der Waals surface area contributed by atoms with Crippen molar-refractivity contribution in [3.63, 3.8) is 0 Å². The number of aliphatic imine (C=N–C) groups is 1. The summed E-state index contributed by atoms with van der Waals surface area (Å²) in [5, 5.41) is 0.666. The molecule has 1 aliphatic heterocycles. The van der Waals surface area contributed by atoms with Crippen LogP contribution in [-0.4, -0.2) is 23.6 Å². The third-order valence-electron chi connectivity index (χ3n) is 2.30. The Labute approximate surface area is 113 Å². The molecule has 1 aliphatic rings. The largest absolute Gasteiger partial charge is 0.378 e. The minimum absolute atomic E-state index is 0. The summed E-state index contributed by atoms with van der Waals surface area (Å²) in [6.45, 7) is 5.10. The van der Waals surface area contributed by atoms with Crippen LogP contribution in [0.3, 0.4) is 0 Å². The van der Waals surface area contributed by atoms with Crippen LogP contribution in [0, 0.1) is 0 Å². The highest BCUT2D eigenvalue weighted by molar-refractivity contribution is 8.93. The second-order valence-corrected chi connectivity index (χ2v) is 4.76. The van der Waals surface area contributed by atoms with E-state index in [0.29, 0.717) is 11.3 Å². The summed E-state index contributed by atoms with van der Waals surface area (Å²) < 4.78 is 5.68. The summed E-state index contributed by atoms with van der Waals surface area (Å²) in [5.41, 5.74) is 6.87. The highest BCUT2D eigenvalue weighted by Gasteiger charge is 2.06. The maximum Gasteiger partial charge on any atom is 0.158 e. The molecule has 5 heteroatoms. The van der Waals surface area contributed by atoms with Crippen molar-refractivity contribution in [2.24, 2.45) is 10.7 Å². The van der Waals surface area contributed by atoms with Crippen LogP contribution in [0.25, 0.3) is 0 Å². The van der Waals surface area contributed by atoms with E-state index in [-0.39, 0.29) is 17.0 Å². The molecule has 0 bridgehead atoms. The van der Waals surface area contributed by atoms with Gasteiger partial charge < -0.3 is 10.5 Å². The van der Waals surface area contributed by atoms with Crippen molar-refractivity contribution >= 4 is 33.9 Å². The number of amidine groups is 1. The van der Waals surface area contributed by atoms with Gasteiger partial charge >= 0.3 is 0 Å². The number of hydrogen-bond acceptors (Lipinski definition) is 4. The van der Waals surface area contributed by atoms with Crippen LogP contribution in [0.1, 0.15) is 33.1 Å². The predicted octanol–water partition coefficient (Wildman–Crippen LogP) is 3.11. The van der Waals surface area contributed by atoms with Gasteiger partial charge in [0.05, 0.1) is 12.7 Å². The third kappa shape index (κ3) is 6.55. The standard InChI is InChI=1S/C11H20N2OS.BrH/c1-3-4-9(2)14-6-5-10-7-13-11(12)15-8-10;/h7,9H,3-6,8H2,1-2H3,(H2,12,13);1H. The molecule has 1 unspecified atom stereocenters. The SMILES string of the molecule is Br.CCCC(C)OCCC1=CN=C(N)SC1. The summed E-state index contributed by atoms with van der Waals surface area (Å²) in [7, 11) is 0.